The number of carbonyl (C=O) groups excluding carboxylic acids is 2. The fourth-order valence-corrected chi connectivity index (χ4v) is 4.23. The predicted molar refractivity (Wildman–Crippen MR) is 107 cm³/mol. The van der Waals surface area contributed by atoms with E-state index in [2.05, 4.69) is 5.16 Å². The van der Waals surface area contributed by atoms with Crippen molar-refractivity contribution in [1.82, 2.24) is 0 Å². The lowest BCUT2D eigenvalue weighted by molar-refractivity contribution is -0.116. The summed E-state index contributed by atoms with van der Waals surface area (Å²) in [4.78, 5) is 30.0. The van der Waals surface area contributed by atoms with E-state index in [1.807, 2.05) is 40.7 Å². The van der Waals surface area contributed by atoms with Gasteiger partial charge in [0.2, 0.25) is 0 Å². The zero-order valence-electron chi connectivity index (χ0n) is 17.1. The summed E-state index contributed by atoms with van der Waals surface area (Å²) in [6.45, 7) is 11.5. The first-order valence-electron chi connectivity index (χ1n) is 9.48. The molecule has 1 aliphatic carbocycles. The quantitative estimate of drug-likeness (QED) is 0.439. The van der Waals surface area contributed by atoms with Crippen LogP contribution < -0.4 is 0 Å². The fraction of sp³-hybridized carbons (Fsp3) is 0.500. The molecule has 146 valence electrons. The van der Waals surface area contributed by atoms with Crippen molar-refractivity contribution in [3.8, 4) is 0 Å². The minimum absolute atomic E-state index is 0.0194. The number of rotatable bonds is 6. The van der Waals surface area contributed by atoms with Crippen LogP contribution in [0.3, 0.4) is 0 Å². The first-order valence-corrected chi connectivity index (χ1v) is 9.48. The highest BCUT2D eigenvalue weighted by molar-refractivity contribution is 6.23. The minimum Gasteiger partial charge on any atom is -0.511 e. The zero-order valence-corrected chi connectivity index (χ0v) is 17.1. The normalized spacial score (nSPS) is 18.1. The standard InChI is InChI=1S/C22H29NO4/c1-7-17(23-27-8-2)22-18(25)10-16(11-19(22)26)21-13(4)9-12(3)20(14(21)5)15(6)24/h9,16,25H,7-8,10-11H2,1-6H3/b23-17-. The summed E-state index contributed by atoms with van der Waals surface area (Å²) in [5, 5.41) is 14.6. The average Bonchev–Trinajstić information content (AvgIpc) is 2.56. The van der Waals surface area contributed by atoms with Crippen LogP contribution in [0.25, 0.3) is 0 Å². The smallest absolute Gasteiger partial charge is 0.168 e. The Balaban J connectivity index is 2.50. The minimum atomic E-state index is -0.148. The Morgan fingerprint density at radius 3 is 2.41 bits per heavy atom. The van der Waals surface area contributed by atoms with Crippen molar-refractivity contribution in [2.45, 2.75) is 66.7 Å². The number of oxime groups is 1. The first-order chi connectivity index (χ1) is 12.7. The maximum atomic E-state index is 12.8. The van der Waals surface area contributed by atoms with Gasteiger partial charge >= 0.3 is 0 Å². The van der Waals surface area contributed by atoms with Crippen molar-refractivity contribution in [3.63, 3.8) is 0 Å². The van der Waals surface area contributed by atoms with E-state index in [-0.39, 0.29) is 35.2 Å². The molecular formula is C22H29NO4. The van der Waals surface area contributed by atoms with Crippen LogP contribution in [-0.2, 0) is 9.63 Å². The van der Waals surface area contributed by atoms with E-state index in [9.17, 15) is 14.7 Å². The molecule has 5 nitrogen and oxygen atoms in total. The fourth-order valence-electron chi connectivity index (χ4n) is 4.23. The van der Waals surface area contributed by atoms with Crippen molar-refractivity contribution in [1.29, 1.82) is 0 Å². The van der Waals surface area contributed by atoms with Crippen molar-refractivity contribution in [2.75, 3.05) is 6.61 Å². The van der Waals surface area contributed by atoms with Gasteiger partial charge in [0, 0.05) is 18.4 Å². The lowest BCUT2D eigenvalue weighted by Gasteiger charge is -2.28. The number of benzene rings is 1. The maximum Gasteiger partial charge on any atom is 0.168 e. The summed E-state index contributed by atoms with van der Waals surface area (Å²) < 4.78 is 0. The molecule has 0 spiro atoms. The van der Waals surface area contributed by atoms with Gasteiger partial charge in [0.1, 0.15) is 12.4 Å². The molecule has 0 aromatic heterocycles. The number of aliphatic hydroxyl groups is 1. The molecule has 0 aliphatic heterocycles. The molecule has 1 aromatic carbocycles. The Morgan fingerprint density at radius 2 is 1.89 bits per heavy atom. The molecule has 0 saturated heterocycles. The van der Waals surface area contributed by atoms with Crippen LogP contribution in [0.5, 0.6) is 0 Å². The van der Waals surface area contributed by atoms with Gasteiger partial charge in [-0.15, -0.1) is 0 Å². The number of hydrogen-bond donors (Lipinski definition) is 1. The van der Waals surface area contributed by atoms with Crippen LogP contribution >= 0.6 is 0 Å². The Bertz CT molecular complexity index is 833. The third-order valence-electron chi connectivity index (χ3n) is 5.16. The average molecular weight is 371 g/mol. The molecule has 1 unspecified atom stereocenters. The number of carbonyl (C=O) groups is 2. The molecule has 0 amide bonds. The second kappa shape index (κ2) is 8.51. The summed E-state index contributed by atoms with van der Waals surface area (Å²) in [7, 11) is 0. The molecule has 5 heteroatoms. The number of Topliss-reactive ketones (excluding diaryl/α,β-unsaturated/α-hetero) is 2. The number of aliphatic hydroxyl groups excluding tert-OH is 1. The van der Waals surface area contributed by atoms with E-state index in [1.54, 1.807) is 6.92 Å². The monoisotopic (exact) mass is 371 g/mol. The van der Waals surface area contributed by atoms with E-state index < -0.39 is 0 Å². The Labute approximate surface area is 161 Å². The highest BCUT2D eigenvalue weighted by Gasteiger charge is 2.33. The molecule has 0 radical (unpaired) electrons. The molecule has 1 N–H and O–H groups in total. The van der Waals surface area contributed by atoms with Gasteiger partial charge in [0.05, 0.1) is 11.3 Å². The Hall–Kier alpha value is -2.43. The molecule has 0 heterocycles. The van der Waals surface area contributed by atoms with E-state index in [4.69, 9.17) is 4.84 Å². The first kappa shape index (κ1) is 20.9. The van der Waals surface area contributed by atoms with E-state index in [0.717, 1.165) is 22.3 Å². The molecule has 0 bridgehead atoms. The summed E-state index contributed by atoms with van der Waals surface area (Å²) >= 11 is 0. The van der Waals surface area contributed by atoms with Crippen molar-refractivity contribution in [2.24, 2.45) is 5.16 Å². The van der Waals surface area contributed by atoms with Crippen LogP contribution in [0.2, 0.25) is 0 Å². The van der Waals surface area contributed by atoms with Gasteiger partial charge in [-0.25, -0.2) is 0 Å². The molecule has 1 aliphatic rings. The second-order valence-electron chi connectivity index (χ2n) is 7.14. The SMILES string of the molecule is CCO/N=C(/CC)C1=C(O)CC(c2c(C)cc(C)c(C(C)=O)c2C)CC1=O. The van der Waals surface area contributed by atoms with Gasteiger partial charge < -0.3 is 9.94 Å². The molecule has 1 atom stereocenters. The topological polar surface area (TPSA) is 76.0 Å². The third kappa shape index (κ3) is 4.12. The number of allylic oxidation sites excluding steroid dienone is 2. The van der Waals surface area contributed by atoms with Gasteiger partial charge in [-0.05, 0) is 69.2 Å². The molecule has 27 heavy (non-hydrogen) atoms. The number of hydrogen-bond acceptors (Lipinski definition) is 5. The lowest BCUT2D eigenvalue weighted by atomic mass is 9.76. The third-order valence-corrected chi connectivity index (χ3v) is 5.16. The van der Waals surface area contributed by atoms with Crippen LogP contribution in [0.15, 0.2) is 22.6 Å². The van der Waals surface area contributed by atoms with Crippen molar-refractivity contribution >= 4 is 17.3 Å². The van der Waals surface area contributed by atoms with Gasteiger partial charge in [-0.3, -0.25) is 9.59 Å². The highest BCUT2D eigenvalue weighted by atomic mass is 16.6. The van der Waals surface area contributed by atoms with E-state index >= 15 is 0 Å². The summed E-state index contributed by atoms with van der Waals surface area (Å²) in [5.74, 6) is -0.204. The lowest BCUT2D eigenvalue weighted by Crippen LogP contribution is -2.25. The van der Waals surface area contributed by atoms with Crippen LogP contribution in [-0.4, -0.2) is 29.0 Å². The van der Waals surface area contributed by atoms with Gasteiger partial charge in [0.15, 0.2) is 11.6 Å². The van der Waals surface area contributed by atoms with Crippen LogP contribution in [0.4, 0.5) is 0 Å². The summed E-state index contributed by atoms with van der Waals surface area (Å²) in [6.07, 6.45) is 1.15. The zero-order chi connectivity index (χ0) is 20.3. The maximum absolute atomic E-state index is 12.8. The number of nitrogens with zero attached hydrogens (tertiary/aromatic N) is 1. The summed E-state index contributed by atoms with van der Waals surface area (Å²) in [5.41, 5.74) is 5.38. The molecule has 1 aromatic rings. The molecule has 0 fully saturated rings. The van der Waals surface area contributed by atoms with Crippen molar-refractivity contribution < 1.29 is 19.5 Å². The van der Waals surface area contributed by atoms with Crippen LogP contribution in [0, 0.1) is 20.8 Å². The second-order valence-corrected chi connectivity index (χ2v) is 7.14. The van der Waals surface area contributed by atoms with Gasteiger partial charge in [0.25, 0.3) is 0 Å². The predicted octanol–water partition coefficient (Wildman–Crippen LogP) is 4.88. The van der Waals surface area contributed by atoms with E-state index in [0.29, 0.717) is 30.7 Å². The molecule has 0 saturated carbocycles. The van der Waals surface area contributed by atoms with Gasteiger partial charge in [-0.2, -0.15) is 0 Å². The van der Waals surface area contributed by atoms with Crippen LogP contribution in [0.1, 0.15) is 78.6 Å². The largest absolute Gasteiger partial charge is 0.511 e. The van der Waals surface area contributed by atoms with Gasteiger partial charge in [-0.1, -0.05) is 18.1 Å². The van der Waals surface area contributed by atoms with Crippen molar-refractivity contribution in [3.05, 3.63) is 45.2 Å². The number of ketones is 2. The summed E-state index contributed by atoms with van der Waals surface area (Å²) in [6, 6.07) is 1.99. The molecule has 2 rings (SSSR count). The van der Waals surface area contributed by atoms with E-state index in [1.165, 1.54) is 0 Å². The Kier molecular flexibility index (Phi) is 6.58. The Morgan fingerprint density at radius 1 is 1.22 bits per heavy atom. The highest BCUT2D eigenvalue weighted by Crippen LogP contribution is 2.39. The number of aryl methyl sites for hydroxylation is 2. The molecular weight excluding hydrogens is 342 g/mol.